The molecule has 0 radical (unpaired) electrons. The minimum atomic E-state index is -0.0175. The predicted molar refractivity (Wildman–Crippen MR) is 140 cm³/mol. The largest absolute Gasteiger partial charge is 0.370 e. The van der Waals surface area contributed by atoms with Crippen molar-refractivity contribution < 1.29 is 0 Å². The molecule has 0 bridgehead atoms. The van der Waals surface area contributed by atoms with E-state index >= 15 is 0 Å². The monoisotopic (exact) mass is 439 g/mol. The molecule has 0 aliphatic heterocycles. The first-order valence-electron chi connectivity index (χ1n) is 11.9. The number of aryl methyl sites for hydroxylation is 1. The number of rotatable bonds is 6. The Kier molecular flexibility index (Phi) is 5.41. The fraction of sp³-hybridized carbons (Fsp3) is 0.286. The summed E-state index contributed by atoms with van der Waals surface area (Å²) in [5.74, 6) is 0. The summed E-state index contributed by atoms with van der Waals surface area (Å²) in [6.07, 6.45) is 2.96. The van der Waals surface area contributed by atoms with E-state index in [0.29, 0.717) is 32.6 Å². The second-order valence-electron chi connectivity index (χ2n) is 8.77. The highest BCUT2D eigenvalue weighted by Gasteiger charge is 2.15. The van der Waals surface area contributed by atoms with Crippen LogP contribution < -0.4 is 15.8 Å². The third-order valence-corrected chi connectivity index (χ3v) is 6.53. The maximum Gasteiger partial charge on any atom is 0.197 e. The van der Waals surface area contributed by atoms with Crippen LogP contribution in [-0.2, 0) is 6.42 Å². The number of hydrogen-bond acceptors (Lipinski definition) is 3. The maximum absolute atomic E-state index is 13.5. The average Bonchev–Trinajstić information content (AvgIpc) is 2.83. The quantitative estimate of drug-likeness (QED) is 0.325. The van der Waals surface area contributed by atoms with Crippen molar-refractivity contribution in [1.29, 1.82) is 0 Å². The maximum atomic E-state index is 13.5. The number of pyridine rings is 2. The molecule has 5 rings (SSSR count). The molecule has 5 aromatic rings. The molecule has 0 saturated heterocycles. The Bertz CT molecular complexity index is 1620. The van der Waals surface area contributed by atoms with E-state index < -0.39 is 0 Å². The summed E-state index contributed by atoms with van der Waals surface area (Å²) >= 11 is 0. The Morgan fingerprint density at radius 2 is 1.33 bits per heavy atom. The third kappa shape index (κ3) is 3.48. The van der Waals surface area contributed by atoms with Crippen LogP contribution in [0, 0.1) is 0 Å². The summed E-state index contributed by atoms with van der Waals surface area (Å²) in [5.41, 5.74) is 5.19. The Hall–Kier alpha value is -3.60. The summed E-state index contributed by atoms with van der Waals surface area (Å²) in [6, 6.07) is 15.5. The highest BCUT2D eigenvalue weighted by atomic mass is 16.1. The second-order valence-corrected chi connectivity index (χ2v) is 8.77. The molecule has 168 valence electrons. The van der Waals surface area contributed by atoms with E-state index in [1.54, 1.807) is 0 Å². The van der Waals surface area contributed by atoms with Crippen molar-refractivity contribution in [3.8, 4) is 0 Å². The number of anilines is 1. The second kappa shape index (κ2) is 8.39. The van der Waals surface area contributed by atoms with Gasteiger partial charge in [-0.3, -0.25) is 9.59 Å². The number of aromatic amines is 2. The van der Waals surface area contributed by atoms with Gasteiger partial charge in [-0.1, -0.05) is 32.9 Å². The van der Waals surface area contributed by atoms with Crippen LogP contribution in [-0.4, -0.2) is 23.1 Å². The van der Waals surface area contributed by atoms with Gasteiger partial charge in [0.15, 0.2) is 10.9 Å². The lowest BCUT2D eigenvalue weighted by molar-refractivity contribution is 0.747. The van der Waals surface area contributed by atoms with E-state index in [1.807, 2.05) is 42.5 Å². The molecule has 2 heterocycles. The number of H-pyrrole nitrogens is 2. The summed E-state index contributed by atoms with van der Waals surface area (Å²) < 4.78 is 0. The summed E-state index contributed by atoms with van der Waals surface area (Å²) in [7, 11) is 0. The fourth-order valence-corrected chi connectivity index (χ4v) is 4.88. The Balaban J connectivity index is 1.83. The molecule has 33 heavy (non-hydrogen) atoms. The molecule has 0 aliphatic rings. The number of benzene rings is 3. The molecular weight excluding hydrogens is 410 g/mol. The molecule has 0 atom stereocenters. The predicted octanol–water partition coefficient (Wildman–Crippen LogP) is 5.86. The molecule has 0 unspecified atom stereocenters. The minimum Gasteiger partial charge on any atom is -0.370 e. The zero-order valence-corrected chi connectivity index (χ0v) is 19.4. The van der Waals surface area contributed by atoms with Crippen LogP contribution in [0.5, 0.6) is 0 Å². The first kappa shape index (κ1) is 21.3. The number of aromatic nitrogens is 2. The molecule has 2 N–H and O–H groups in total. The van der Waals surface area contributed by atoms with E-state index in [-0.39, 0.29) is 10.9 Å². The molecule has 3 aromatic carbocycles. The zero-order chi connectivity index (χ0) is 23.1. The molecule has 0 fully saturated rings. The average molecular weight is 440 g/mol. The van der Waals surface area contributed by atoms with Crippen LogP contribution in [0.25, 0.3) is 43.6 Å². The number of hydrogen-bond donors (Lipinski definition) is 2. The standard InChI is InChI=1S/C28H29N3O2/c1-4-12-31(13-5-2)25-9-7-8-19-26(25)30-24-16-20-23(15-21(24)28(19)33)29-22-14-17(6-3)10-11-18(22)27(20)32/h7-11,14-16H,4-6,12-13H2,1-3H3,(H,29,32)(H,30,33). The van der Waals surface area contributed by atoms with Crippen molar-refractivity contribution in [1.82, 2.24) is 9.97 Å². The lowest BCUT2D eigenvalue weighted by Crippen LogP contribution is -2.25. The van der Waals surface area contributed by atoms with Crippen LogP contribution in [0.1, 0.15) is 39.2 Å². The minimum absolute atomic E-state index is 0.0151. The van der Waals surface area contributed by atoms with Gasteiger partial charge in [-0.15, -0.1) is 0 Å². The van der Waals surface area contributed by atoms with Crippen molar-refractivity contribution in [2.45, 2.75) is 40.0 Å². The van der Waals surface area contributed by atoms with E-state index in [0.717, 1.165) is 49.1 Å². The topological polar surface area (TPSA) is 69.0 Å². The van der Waals surface area contributed by atoms with Gasteiger partial charge in [0.25, 0.3) is 0 Å². The van der Waals surface area contributed by atoms with Gasteiger partial charge >= 0.3 is 0 Å². The zero-order valence-electron chi connectivity index (χ0n) is 19.4. The molecule has 0 spiro atoms. The van der Waals surface area contributed by atoms with Crippen LogP contribution in [0.15, 0.2) is 58.1 Å². The van der Waals surface area contributed by atoms with E-state index in [2.05, 4.69) is 41.7 Å². The van der Waals surface area contributed by atoms with E-state index in [1.165, 1.54) is 5.56 Å². The molecule has 2 aromatic heterocycles. The van der Waals surface area contributed by atoms with Crippen molar-refractivity contribution in [2.75, 3.05) is 18.0 Å². The smallest absolute Gasteiger partial charge is 0.197 e. The number of nitrogens with one attached hydrogen (secondary N) is 2. The Labute approximate surface area is 192 Å². The van der Waals surface area contributed by atoms with Gasteiger partial charge in [0, 0.05) is 34.6 Å². The Morgan fingerprint density at radius 3 is 2.00 bits per heavy atom. The SMILES string of the molecule is CCCN(CCC)c1cccc2c(=O)c3cc4[nH]c5cc(CC)ccc5c(=O)c4cc3[nH]c12. The van der Waals surface area contributed by atoms with Crippen molar-refractivity contribution in [3.63, 3.8) is 0 Å². The van der Waals surface area contributed by atoms with E-state index in [4.69, 9.17) is 0 Å². The first-order valence-corrected chi connectivity index (χ1v) is 11.9. The van der Waals surface area contributed by atoms with Gasteiger partial charge in [0.05, 0.1) is 27.8 Å². The van der Waals surface area contributed by atoms with Gasteiger partial charge in [-0.25, -0.2) is 0 Å². The normalized spacial score (nSPS) is 11.7. The third-order valence-electron chi connectivity index (χ3n) is 6.53. The molecule has 0 amide bonds. The Morgan fingerprint density at radius 1 is 0.697 bits per heavy atom. The lowest BCUT2D eigenvalue weighted by atomic mass is 10.0. The summed E-state index contributed by atoms with van der Waals surface area (Å²) in [5, 5.41) is 2.52. The molecule has 5 nitrogen and oxygen atoms in total. The summed E-state index contributed by atoms with van der Waals surface area (Å²) in [6.45, 7) is 8.28. The van der Waals surface area contributed by atoms with Crippen LogP contribution >= 0.6 is 0 Å². The van der Waals surface area contributed by atoms with Gasteiger partial charge in [0.2, 0.25) is 0 Å². The highest BCUT2D eigenvalue weighted by Crippen LogP contribution is 2.28. The van der Waals surface area contributed by atoms with Crippen molar-refractivity contribution in [3.05, 3.63) is 74.5 Å². The van der Waals surface area contributed by atoms with Crippen molar-refractivity contribution >= 4 is 49.3 Å². The van der Waals surface area contributed by atoms with Gasteiger partial charge in [0.1, 0.15) is 0 Å². The lowest BCUT2D eigenvalue weighted by Gasteiger charge is -2.25. The molecule has 0 saturated carbocycles. The van der Waals surface area contributed by atoms with Gasteiger partial charge in [-0.05, 0) is 61.2 Å². The van der Waals surface area contributed by atoms with Gasteiger partial charge in [-0.2, -0.15) is 0 Å². The number of para-hydroxylation sites is 1. The molecule has 5 heteroatoms. The number of fused-ring (bicyclic) bond motifs is 4. The summed E-state index contributed by atoms with van der Waals surface area (Å²) in [4.78, 5) is 36.1. The van der Waals surface area contributed by atoms with E-state index in [9.17, 15) is 9.59 Å². The molecule has 0 aliphatic carbocycles. The van der Waals surface area contributed by atoms with Crippen LogP contribution in [0.3, 0.4) is 0 Å². The number of nitrogens with zero attached hydrogens (tertiary/aromatic N) is 1. The van der Waals surface area contributed by atoms with Crippen molar-refractivity contribution in [2.24, 2.45) is 0 Å². The van der Waals surface area contributed by atoms with Crippen LogP contribution in [0.2, 0.25) is 0 Å². The van der Waals surface area contributed by atoms with Gasteiger partial charge < -0.3 is 14.9 Å². The first-order chi connectivity index (χ1) is 16.0. The highest BCUT2D eigenvalue weighted by molar-refractivity contribution is 6.04. The molecular formula is C28H29N3O2. The van der Waals surface area contributed by atoms with Crippen LogP contribution in [0.4, 0.5) is 5.69 Å². The fourth-order valence-electron chi connectivity index (χ4n) is 4.88.